The quantitative estimate of drug-likeness (QED) is 0.799. The second kappa shape index (κ2) is 5.55. The minimum Gasteiger partial charge on any atom is -0.482 e. The number of hydrogen-bond donors (Lipinski definition) is 2. The molecule has 110 valence electrons. The first-order chi connectivity index (χ1) is 10.1. The zero-order chi connectivity index (χ0) is 14.8. The zero-order valence-electron chi connectivity index (χ0n) is 11.5. The molecule has 0 unspecified atom stereocenters. The first-order valence-corrected chi connectivity index (χ1v) is 7.01. The van der Waals surface area contributed by atoms with E-state index in [1.54, 1.807) is 18.2 Å². The van der Waals surface area contributed by atoms with E-state index >= 15 is 0 Å². The van der Waals surface area contributed by atoms with E-state index in [0.29, 0.717) is 23.0 Å². The van der Waals surface area contributed by atoms with Crippen LogP contribution in [0.25, 0.3) is 0 Å². The summed E-state index contributed by atoms with van der Waals surface area (Å²) in [4.78, 5) is 34.9. The van der Waals surface area contributed by atoms with Gasteiger partial charge >= 0.3 is 0 Å². The van der Waals surface area contributed by atoms with E-state index in [4.69, 9.17) is 4.74 Å². The number of anilines is 1. The van der Waals surface area contributed by atoms with Crippen molar-refractivity contribution in [1.82, 2.24) is 5.32 Å². The minimum absolute atomic E-state index is 0.0123. The molecule has 1 aromatic rings. The van der Waals surface area contributed by atoms with Crippen molar-refractivity contribution in [3.63, 3.8) is 0 Å². The lowest BCUT2D eigenvalue weighted by Crippen LogP contribution is -2.26. The Balaban J connectivity index is 1.60. The second-order valence-corrected chi connectivity index (χ2v) is 5.31. The highest BCUT2D eigenvalue weighted by Crippen LogP contribution is 2.29. The Morgan fingerprint density at radius 3 is 2.86 bits per heavy atom. The van der Waals surface area contributed by atoms with Gasteiger partial charge in [-0.3, -0.25) is 14.4 Å². The number of ether oxygens (including phenoxy) is 1. The number of amides is 2. The predicted molar refractivity (Wildman–Crippen MR) is 75.3 cm³/mol. The van der Waals surface area contributed by atoms with Crippen molar-refractivity contribution in [2.24, 2.45) is 0 Å². The molecule has 1 aliphatic heterocycles. The van der Waals surface area contributed by atoms with Gasteiger partial charge in [-0.15, -0.1) is 0 Å². The number of benzene rings is 1. The Morgan fingerprint density at radius 1 is 1.29 bits per heavy atom. The average molecular weight is 288 g/mol. The monoisotopic (exact) mass is 288 g/mol. The molecule has 6 heteroatoms. The number of fused-ring (bicyclic) bond motifs is 1. The fraction of sp³-hybridized carbons (Fsp3) is 0.400. The number of rotatable bonds is 5. The summed E-state index contributed by atoms with van der Waals surface area (Å²) in [5, 5.41) is 5.51. The summed E-state index contributed by atoms with van der Waals surface area (Å²) in [5.74, 6) is 0.109. The number of Topliss-reactive ketones (excluding diaryl/α,β-unsaturated/α-hetero) is 1. The standard InChI is InChI=1S/C15H16N2O4/c18-12(4-6-14(19)16-10-2-3-10)9-1-5-13-11(7-9)17-15(20)8-21-13/h1,5,7,10H,2-4,6,8H2,(H,16,19)(H,17,20). The summed E-state index contributed by atoms with van der Waals surface area (Å²) in [7, 11) is 0. The average Bonchev–Trinajstić information content (AvgIpc) is 3.27. The van der Waals surface area contributed by atoms with E-state index in [9.17, 15) is 14.4 Å². The van der Waals surface area contributed by atoms with Crippen LogP contribution < -0.4 is 15.4 Å². The van der Waals surface area contributed by atoms with E-state index in [-0.39, 0.29) is 37.0 Å². The third kappa shape index (κ3) is 3.39. The van der Waals surface area contributed by atoms with Gasteiger partial charge in [0.25, 0.3) is 5.91 Å². The van der Waals surface area contributed by atoms with Crippen LogP contribution in [0.5, 0.6) is 5.75 Å². The van der Waals surface area contributed by atoms with Crippen molar-refractivity contribution in [1.29, 1.82) is 0 Å². The van der Waals surface area contributed by atoms with Crippen molar-refractivity contribution in [3.8, 4) is 5.75 Å². The largest absolute Gasteiger partial charge is 0.482 e. The SMILES string of the molecule is O=C1COc2ccc(C(=O)CCC(=O)NC3CC3)cc2N1. The van der Waals surface area contributed by atoms with Crippen molar-refractivity contribution in [2.75, 3.05) is 11.9 Å². The van der Waals surface area contributed by atoms with E-state index in [1.807, 2.05) is 0 Å². The van der Waals surface area contributed by atoms with Crippen LogP contribution in [0.15, 0.2) is 18.2 Å². The van der Waals surface area contributed by atoms with Gasteiger partial charge in [-0.1, -0.05) is 0 Å². The first-order valence-electron chi connectivity index (χ1n) is 7.01. The highest BCUT2D eigenvalue weighted by Gasteiger charge is 2.23. The van der Waals surface area contributed by atoms with Crippen LogP contribution >= 0.6 is 0 Å². The van der Waals surface area contributed by atoms with Crippen LogP contribution in [0, 0.1) is 0 Å². The maximum Gasteiger partial charge on any atom is 0.262 e. The van der Waals surface area contributed by atoms with Crippen LogP contribution in [-0.4, -0.2) is 30.2 Å². The molecule has 1 aliphatic carbocycles. The lowest BCUT2D eigenvalue weighted by atomic mass is 10.0. The minimum atomic E-state index is -0.240. The third-order valence-corrected chi connectivity index (χ3v) is 3.46. The van der Waals surface area contributed by atoms with Gasteiger partial charge in [0.2, 0.25) is 5.91 Å². The van der Waals surface area contributed by atoms with E-state index in [0.717, 1.165) is 12.8 Å². The van der Waals surface area contributed by atoms with Crippen molar-refractivity contribution in [2.45, 2.75) is 31.7 Å². The fourth-order valence-electron chi connectivity index (χ4n) is 2.16. The predicted octanol–water partition coefficient (Wildman–Crippen LogP) is 1.26. The maximum atomic E-state index is 12.1. The van der Waals surface area contributed by atoms with Crippen molar-refractivity contribution >= 4 is 23.3 Å². The van der Waals surface area contributed by atoms with Crippen molar-refractivity contribution < 1.29 is 19.1 Å². The van der Waals surface area contributed by atoms with E-state index < -0.39 is 0 Å². The zero-order valence-corrected chi connectivity index (χ0v) is 11.5. The molecule has 6 nitrogen and oxygen atoms in total. The van der Waals surface area contributed by atoms with Gasteiger partial charge in [0.1, 0.15) is 5.75 Å². The van der Waals surface area contributed by atoms with Gasteiger partial charge in [0.15, 0.2) is 12.4 Å². The summed E-state index contributed by atoms with van der Waals surface area (Å²) >= 11 is 0. The smallest absolute Gasteiger partial charge is 0.262 e. The molecule has 1 saturated carbocycles. The molecule has 1 aromatic carbocycles. The Morgan fingerprint density at radius 2 is 2.10 bits per heavy atom. The molecule has 2 N–H and O–H groups in total. The molecule has 0 aromatic heterocycles. The molecular formula is C15H16N2O4. The topological polar surface area (TPSA) is 84.5 Å². The molecular weight excluding hydrogens is 272 g/mol. The van der Waals surface area contributed by atoms with Crippen LogP contribution in [0.3, 0.4) is 0 Å². The molecule has 1 heterocycles. The van der Waals surface area contributed by atoms with Crippen molar-refractivity contribution in [3.05, 3.63) is 23.8 Å². The lowest BCUT2D eigenvalue weighted by molar-refractivity contribution is -0.121. The second-order valence-electron chi connectivity index (χ2n) is 5.31. The Hall–Kier alpha value is -2.37. The van der Waals surface area contributed by atoms with Crippen LogP contribution in [0.4, 0.5) is 5.69 Å². The molecule has 1 fully saturated rings. The summed E-state index contributed by atoms with van der Waals surface area (Å²) in [6, 6.07) is 5.21. The van der Waals surface area contributed by atoms with Crippen LogP contribution in [-0.2, 0) is 9.59 Å². The highest BCUT2D eigenvalue weighted by molar-refractivity contribution is 6.01. The Kier molecular flexibility index (Phi) is 3.60. The lowest BCUT2D eigenvalue weighted by Gasteiger charge is -2.18. The summed E-state index contributed by atoms with van der Waals surface area (Å²) < 4.78 is 5.23. The number of carbonyl (C=O) groups excluding carboxylic acids is 3. The molecule has 2 aliphatic rings. The number of ketones is 1. The summed E-state index contributed by atoms with van der Waals surface area (Å²) in [6.07, 6.45) is 2.41. The molecule has 3 rings (SSSR count). The number of hydrogen-bond acceptors (Lipinski definition) is 4. The molecule has 21 heavy (non-hydrogen) atoms. The number of carbonyl (C=O) groups is 3. The molecule has 0 saturated heterocycles. The Bertz CT molecular complexity index is 608. The normalized spacial score (nSPS) is 16.5. The van der Waals surface area contributed by atoms with Gasteiger partial charge in [-0.2, -0.15) is 0 Å². The van der Waals surface area contributed by atoms with Gasteiger partial charge in [0.05, 0.1) is 5.69 Å². The summed E-state index contributed by atoms with van der Waals surface area (Å²) in [5.41, 5.74) is 0.971. The molecule has 0 atom stereocenters. The first kappa shape index (κ1) is 13.6. The van der Waals surface area contributed by atoms with Gasteiger partial charge in [-0.05, 0) is 31.0 Å². The molecule has 0 bridgehead atoms. The molecule has 0 spiro atoms. The van der Waals surface area contributed by atoms with Crippen LogP contribution in [0.2, 0.25) is 0 Å². The fourth-order valence-corrected chi connectivity index (χ4v) is 2.16. The molecule has 2 amide bonds. The van der Waals surface area contributed by atoms with Gasteiger partial charge in [0, 0.05) is 24.4 Å². The van der Waals surface area contributed by atoms with Crippen LogP contribution in [0.1, 0.15) is 36.0 Å². The van der Waals surface area contributed by atoms with E-state index in [1.165, 1.54) is 0 Å². The number of nitrogens with one attached hydrogen (secondary N) is 2. The molecule has 0 radical (unpaired) electrons. The third-order valence-electron chi connectivity index (χ3n) is 3.46. The maximum absolute atomic E-state index is 12.1. The van der Waals surface area contributed by atoms with Gasteiger partial charge in [-0.25, -0.2) is 0 Å². The Labute approximate surface area is 121 Å². The van der Waals surface area contributed by atoms with E-state index in [2.05, 4.69) is 10.6 Å². The highest BCUT2D eigenvalue weighted by atomic mass is 16.5. The van der Waals surface area contributed by atoms with Gasteiger partial charge < -0.3 is 15.4 Å². The summed E-state index contributed by atoms with van der Waals surface area (Å²) in [6.45, 7) is -0.0123.